The van der Waals surface area contributed by atoms with Gasteiger partial charge in [0.15, 0.2) is 5.16 Å². The molecular formula is C14H20N4S. The molecule has 1 N–H and O–H groups in total. The summed E-state index contributed by atoms with van der Waals surface area (Å²) in [4.78, 5) is 4.30. The van der Waals surface area contributed by atoms with E-state index in [0.717, 1.165) is 11.6 Å². The van der Waals surface area contributed by atoms with Gasteiger partial charge in [0.1, 0.15) is 6.33 Å². The van der Waals surface area contributed by atoms with E-state index < -0.39 is 0 Å². The fraction of sp³-hybridized carbons (Fsp3) is 0.429. The van der Waals surface area contributed by atoms with Crippen LogP contribution in [0.2, 0.25) is 0 Å². The highest BCUT2D eigenvalue weighted by Gasteiger charge is 2.22. The maximum absolute atomic E-state index is 4.30. The van der Waals surface area contributed by atoms with Gasteiger partial charge in [-0.05, 0) is 19.0 Å². The molecule has 0 saturated heterocycles. The van der Waals surface area contributed by atoms with Crippen molar-refractivity contribution in [2.75, 3.05) is 7.05 Å². The van der Waals surface area contributed by atoms with E-state index in [0.29, 0.717) is 11.3 Å². The predicted molar refractivity (Wildman–Crippen MR) is 79.2 cm³/mol. The van der Waals surface area contributed by atoms with Crippen LogP contribution in [0.4, 0.5) is 0 Å². The third-order valence-corrected chi connectivity index (χ3v) is 4.66. The van der Waals surface area contributed by atoms with Crippen LogP contribution in [0.15, 0.2) is 41.8 Å². The van der Waals surface area contributed by atoms with Crippen LogP contribution >= 0.6 is 11.8 Å². The molecule has 102 valence electrons. The molecule has 1 aromatic heterocycles. The maximum atomic E-state index is 4.30. The second-order valence-corrected chi connectivity index (χ2v) is 5.61. The summed E-state index contributed by atoms with van der Waals surface area (Å²) in [6, 6.07) is 10.9. The average Bonchev–Trinajstić information content (AvgIpc) is 2.85. The highest BCUT2D eigenvalue weighted by Crippen LogP contribution is 2.32. The van der Waals surface area contributed by atoms with Gasteiger partial charge < -0.3 is 5.32 Å². The third kappa shape index (κ3) is 3.36. The average molecular weight is 276 g/mol. The highest BCUT2D eigenvalue weighted by molar-refractivity contribution is 7.99. The molecule has 19 heavy (non-hydrogen) atoms. The molecule has 0 amide bonds. The Labute approximate surface area is 118 Å². The fourth-order valence-corrected chi connectivity index (χ4v) is 3.32. The summed E-state index contributed by atoms with van der Waals surface area (Å²) < 4.78 is 1.82. The number of nitrogens with zero attached hydrogens (tertiary/aromatic N) is 3. The van der Waals surface area contributed by atoms with Crippen LogP contribution in [-0.2, 0) is 7.05 Å². The van der Waals surface area contributed by atoms with E-state index in [-0.39, 0.29) is 0 Å². The van der Waals surface area contributed by atoms with Gasteiger partial charge in [-0.15, -0.1) is 0 Å². The number of aromatic nitrogens is 3. The summed E-state index contributed by atoms with van der Waals surface area (Å²) in [5.41, 5.74) is 1.31. The second kappa shape index (κ2) is 6.73. The number of aryl methyl sites for hydroxylation is 1. The molecule has 4 nitrogen and oxygen atoms in total. The van der Waals surface area contributed by atoms with Crippen LogP contribution in [0.5, 0.6) is 0 Å². The first kappa shape index (κ1) is 14.1. The lowest BCUT2D eigenvalue weighted by Gasteiger charge is -2.25. The largest absolute Gasteiger partial charge is 0.312 e. The van der Waals surface area contributed by atoms with E-state index >= 15 is 0 Å². The molecule has 1 heterocycles. The van der Waals surface area contributed by atoms with Crippen LogP contribution in [-0.4, -0.2) is 27.1 Å². The van der Waals surface area contributed by atoms with Gasteiger partial charge in [0, 0.05) is 18.3 Å². The number of rotatable bonds is 6. The minimum atomic E-state index is 0.313. The van der Waals surface area contributed by atoms with E-state index in [9.17, 15) is 0 Å². The third-order valence-electron chi connectivity index (χ3n) is 3.17. The van der Waals surface area contributed by atoms with Crippen molar-refractivity contribution in [3.8, 4) is 0 Å². The van der Waals surface area contributed by atoms with Crippen molar-refractivity contribution in [2.45, 2.75) is 29.8 Å². The van der Waals surface area contributed by atoms with Gasteiger partial charge in [-0.3, -0.25) is 0 Å². The molecule has 2 atom stereocenters. The SMILES string of the molecule is CCC(Sc1ncnn1C)C(NC)c1ccccc1. The summed E-state index contributed by atoms with van der Waals surface area (Å²) in [5, 5.41) is 8.94. The van der Waals surface area contributed by atoms with Crippen molar-refractivity contribution in [3.63, 3.8) is 0 Å². The molecule has 2 unspecified atom stereocenters. The van der Waals surface area contributed by atoms with E-state index in [1.165, 1.54) is 5.56 Å². The number of hydrogen-bond donors (Lipinski definition) is 1. The quantitative estimate of drug-likeness (QED) is 0.824. The second-order valence-electron chi connectivity index (χ2n) is 4.41. The molecule has 5 heteroatoms. The van der Waals surface area contributed by atoms with E-state index in [4.69, 9.17) is 0 Å². The van der Waals surface area contributed by atoms with Crippen molar-refractivity contribution < 1.29 is 0 Å². The molecule has 0 bridgehead atoms. The minimum Gasteiger partial charge on any atom is -0.312 e. The molecule has 0 aliphatic carbocycles. The number of benzene rings is 1. The van der Waals surface area contributed by atoms with Crippen LogP contribution in [0, 0.1) is 0 Å². The molecule has 2 aromatic rings. The van der Waals surface area contributed by atoms with Gasteiger partial charge in [-0.1, -0.05) is 49.0 Å². The summed E-state index contributed by atoms with van der Waals surface area (Å²) >= 11 is 1.78. The number of hydrogen-bond acceptors (Lipinski definition) is 4. The first-order valence-electron chi connectivity index (χ1n) is 6.49. The monoisotopic (exact) mass is 276 g/mol. The molecule has 1 aromatic carbocycles. The Balaban J connectivity index is 2.17. The smallest absolute Gasteiger partial charge is 0.186 e. The summed E-state index contributed by atoms with van der Waals surface area (Å²) in [5.74, 6) is 0. The van der Waals surface area contributed by atoms with Crippen molar-refractivity contribution in [1.82, 2.24) is 20.1 Å². The molecule has 0 aliphatic rings. The fourth-order valence-electron chi connectivity index (χ4n) is 2.14. The molecule has 0 radical (unpaired) electrons. The van der Waals surface area contributed by atoms with Crippen molar-refractivity contribution in [1.29, 1.82) is 0 Å². The number of nitrogens with one attached hydrogen (secondary N) is 1. The number of thioether (sulfide) groups is 1. The molecule has 0 fully saturated rings. The van der Waals surface area contributed by atoms with Crippen LogP contribution in [0.3, 0.4) is 0 Å². The van der Waals surface area contributed by atoms with Crippen LogP contribution < -0.4 is 5.32 Å². The minimum absolute atomic E-state index is 0.313. The topological polar surface area (TPSA) is 42.7 Å². The van der Waals surface area contributed by atoms with Gasteiger partial charge in [0.05, 0.1) is 0 Å². The van der Waals surface area contributed by atoms with Gasteiger partial charge in [-0.2, -0.15) is 5.10 Å². The Kier molecular flexibility index (Phi) is 4.99. The van der Waals surface area contributed by atoms with Gasteiger partial charge in [-0.25, -0.2) is 9.67 Å². The summed E-state index contributed by atoms with van der Waals surface area (Å²) in [6.45, 7) is 2.21. The summed E-state index contributed by atoms with van der Waals surface area (Å²) in [6.07, 6.45) is 2.67. The zero-order valence-corrected chi connectivity index (χ0v) is 12.4. The molecule has 0 saturated carbocycles. The van der Waals surface area contributed by atoms with Gasteiger partial charge in [0.2, 0.25) is 0 Å². The van der Waals surface area contributed by atoms with Gasteiger partial charge in [0.25, 0.3) is 0 Å². The zero-order chi connectivity index (χ0) is 13.7. The zero-order valence-electron chi connectivity index (χ0n) is 11.6. The molecule has 0 spiro atoms. The predicted octanol–water partition coefficient (Wildman–Crippen LogP) is 2.65. The van der Waals surface area contributed by atoms with E-state index in [2.05, 4.69) is 46.6 Å². The lowest BCUT2D eigenvalue weighted by atomic mass is 10.0. The first-order valence-corrected chi connectivity index (χ1v) is 7.37. The Hall–Kier alpha value is -1.33. The molecular weight excluding hydrogens is 256 g/mol. The van der Waals surface area contributed by atoms with Gasteiger partial charge >= 0.3 is 0 Å². The van der Waals surface area contributed by atoms with Crippen molar-refractivity contribution >= 4 is 11.8 Å². The summed E-state index contributed by atoms with van der Waals surface area (Å²) in [7, 11) is 3.94. The van der Waals surface area contributed by atoms with E-state index in [1.807, 2.05) is 24.8 Å². The molecule has 0 aliphatic heterocycles. The lowest BCUT2D eigenvalue weighted by Crippen LogP contribution is -2.27. The highest BCUT2D eigenvalue weighted by atomic mass is 32.2. The first-order chi connectivity index (χ1) is 9.26. The Morgan fingerprint density at radius 2 is 2.05 bits per heavy atom. The Morgan fingerprint density at radius 3 is 2.58 bits per heavy atom. The van der Waals surface area contributed by atoms with Crippen LogP contribution in [0.25, 0.3) is 0 Å². The Bertz CT molecular complexity index is 497. The van der Waals surface area contributed by atoms with Crippen molar-refractivity contribution in [2.24, 2.45) is 7.05 Å². The maximum Gasteiger partial charge on any atom is 0.186 e. The Morgan fingerprint density at radius 1 is 1.32 bits per heavy atom. The van der Waals surface area contributed by atoms with Crippen LogP contribution in [0.1, 0.15) is 24.9 Å². The standard InChI is InChI=1S/C14H20N4S/c1-4-12(19-14-16-10-17-18(14)3)13(15-2)11-8-6-5-7-9-11/h5-10,12-13,15H,4H2,1-3H3. The molecule has 2 rings (SSSR count). The lowest BCUT2D eigenvalue weighted by molar-refractivity contribution is 0.552. The van der Waals surface area contributed by atoms with E-state index in [1.54, 1.807) is 18.1 Å². The van der Waals surface area contributed by atoms with Crippen molar-refractivity contribution in [3.05, 3.63) is 42.2 Å². The normalized spacial score (nSPS) is 14.3.